The minimum Gasteiger partial charge on any atom is -0.351 e. The predicted octanol–water partition coefficient (Wildman–Crippen LogP) is 3.23. The number of aromatic nitrogens is 2. The molecule has 108 valence electrons. The summed E-state index contributed by atoms with van der Waals surface area (Å²) in [5, 5.41) is 8.48. The normalized spacial score (nSPS) is 10.9. The molecule has 0 aliphatic carbocycles. The van der Waals surface area contributed by atoms with Crippen LogP contribution in [0.25, 0.3) is 10.9 Å². The quantitative estimate of drug-likeness (QED) is 0.735. The van der Waals surface area contributed by atoms with Gasteiger partial charge in [-0.05, 0) is 31.5 Å². The molecule has 0 aliphatic rings. The van der Waals surface area contributed by atoms with Gasteiger partial charge in [0.15, 0.2) is 0 Å². The van der Waals surface area contributed by atoms with Crippen LogP contribution in [-0.4, -0.2) is 22.2 Å². The van der Waals surface area contributed by atoms with E-state index < -0.39 is 0 Å². The number of carbonyl (C=O) groups excluding carboxylic acids is 1. The van der Waals surface area contributed by atoms with E-state index in [2.05, 4.69) is 22.5 Å². The third kappa shape index (κ3) is 3.13. The zero-order valence-electron chi connectivity index (χ0n) is 11.9. The lowest BCUT2D eigenvalue weighted by atomic mass is 10.2. The number of nitrogens with one attached hydrogen (secondary N) is 1. The Morgan fingerprint density at radius 1 is 1.29 bits per heavy atom. The molecule has 0 saturated carbocycles. The molecule has 0 unspecified atom stereocenters. The molecule has 0 saturated heterocycles. The average Bonchev–Trinajstić information content (AvgIpc) is 3.10. The highest BCUT2D eigenvalue weighted by molar-refractivity contribution is 7.13. The van der Waals surface area contributed by atoms with Gasteiger partial charge < -0.3 is 5.32 Å². The van der Waals surface area contributed by atoms with Gasteiger partial charge in [0.2, 0.25) is 0 Å². The fraction of sp³-hybridized carbons (Fsp3) is 0.250. The summed E-state index contributed by atoms with van der Waals surface area (Å²) in [5.74, 6) is 0.0124. The number of hydrogen-bond donors (Lipinski definition) is 1. The van der Waals surface area contributed by atoms with Crippen LogP contribution in [0, 0.1) is 6.92 Å². The first-order chi connectivity index (χ1) is 10.2. The molecule has 1 N–H and O–H groups in total. The van der Waals surface area contributed by atoms with Crippen molar-refractivity contribution in [1.82, 2.24) is 15.1 Å². The van der Waals surface area contributed by atoms with Gasteiger partial charge in [-0.1, -0.05) is 18.2 Å². The van der Waals surface area contributed by atoms with Crippen LogP contribution >= 0.6 is 11.3 Å². The first kappa shape index (κ1) is 13.8. The molecule has 4 nitrogen and oxygen atoms in total. The molecule has 3 rings (SSSR count). The SMILES string of the molecule is Cc1ccc(C(=O)NCCCn2ncc3ccccc32)s1. The molecule has 5 heteroatoms. The van der Waals surface area contributed by atoms with Crippen LogP contribution in [0.15, 0.2) is 42.6 Å². The highest BCUT2D eigenvalue weighted by Crippen LogP contribution is 2.15. The van der Waals surface area contributed by atoms with Crippen molar-refractivity contribution in [3.63, 3.8) is 0 Å². The topological polar surface area (TPSA) is 46.9 Å². The highest BCUT2D eigenvalue weighted by atomic mass is 32.1. The Morgan fingerprint density at radius 3 is 2.95 bits per heavy atom. The van der Waals surface area contributed by atoms with E-state index in [1.54, 1.807) is 0 Å². The Kier molecular flexibility index (Phi) is 4.01. The van der Waals surface area contributed by atoms with E-state index in [1.807, 2.05) is 42.1 Å². The molecule has 0 radical (unpaired) electrons. The van der Waals surface area contributed by atoms with Crippen LogP contribution in [0.5, 0.6) is 0 Å². The maximum absolute atomic E-state index is 11.9. The molecule has 0 bridgehead atoms. The average molecular weight is 299 g/mol. The molecule has 0 atom stereocenters. The number of amides is 1. The van der Waals surface area contributed by atoms with Crippen molar-refractivity contribution in [3.8, 4) is 0 Å². The van der Waals surface area contributed by atoms with E-state index in [0.29, 0.717) is 6.54 Å². The maximum atomic E-state index is 11.9. The summed E-state index contributed by atoms with van der Waals surface area (Å²) in [6, 6.07) is 12.0. The van der Waals surface area contributed by atoms with Crippen molar-refractivity contribution < 1.29 is 4.79 Å². The van der Waals surface area contributed by atoms with Crippen molar-refractivity contribution in [1.29, 1.82) is 0 Å². The minimum atomic E-state index is 0.0124. The van der Waals surface area contributed by atoms with E-state index in [0.717, 1.165) is 33.6 Å². The summed E-state index contributed by atoms with van der Waals surface area (Å²) in [7, 11) is 0. The molecular weight excluding hydrogens is 282 g/mol. The van der Waals surface area contributed by atoms with Crippen LogP contribution in [0.2, 0.25) is 0 Å². The van der Waals surface area contributed by atoms with Gasteiger partial charge in [-0.2, -0.15) is 5.10 Å². The number of benzene rings is 1. The molecule has 0 fully saturated rings. The summed E-state index contributed by atoms with van der Waals surface area (Å²) in [6.07, 6.45) is 2.74. The molecule has 0 spiro atoms. The lowest BCUT2D eigenvalue weighted by Crippen LogP contribution is -2.24. The molecule has 1 amide bonds. The second kappa shape index (κ2) is 6.10. The van der Waals surface area contributed by atoms with Gasteiger partial charge in [-0.15, -0.1) is 11.3 Å². The van der Waals surface area contributed by atoms with Gasteiger partial charge in [0.1, 0.15) is 0 Å². The van der Waals surface area contributed by atoms with Gasteiger partial charge >= 0.3 is 0 Å². The molecule has 2 heterocycles. The van der Waals surface area contributed by atoms with E-state index in [9.17, 15) is 4.79 Å². The Bertz CT molecular complexity index is 760. The van der Waals surface area contributed by atoms with Crippen molar-refractivity contribution >= 4 is 28.1 Å². The van der Waals surface area contributed by atoms with E-state index >= 15 is 0 Å². The van der Waals surface area contributed by atoms with Gasteiger partial charge in [-0.25, -0.2) is 0 Å². The van der Waals surface area contributed by atoms with E-state index in [-0.39, 0.29) is 5.91 Å². The van der Waals surface area contributed by atoms with Crippen LogP contribution in [0.3, 0.4) is 0 Å². The smallest absolute Gasteiger partial charge is 0.261 e. The second-order valence-electron chi connectivity index (χ2n) is 4.95. The summed E-state index contributed by atoms with van der Waals surface area (Å²) >= 11 is 1.52. The maximum Gasteiger partial charge on any atom is 0.261 e. The third-order valence-electron chi connectivity index (χ3n) is 3.35. The van der Waals surface area contributed by atoms with Crippen LogP contribution in [-0.2, 0) is 6.54 Å². The summed E-state index contributed by atoms with van der Waals surface area (Å²) in [6.45, 7) is 3.46. The number of rotatable bonds is 5. The first-order valence-electron chi connectivity index (χ1n) is 6.99. The van der Waals surface area contributed by atoms with Crippen LogP contribution in [0.1, 0.15) is 21.0 Å². The largest absolute Gasteiger partial charge is 0.351 e. The fourth-order valence-corrected chi connectivity index (χ4v) is 3.06. The number of aryl methyl sites for hydroxylation is 2. The highest BCUT2D eigenvalue weighted by Gasteiger charge is 2.07. The molecule has 21 heavy (non-hydrogen) atoms. The Hall–Kier alpha value is -2.14. The van der Waals surface area contributed by atoms with E-state index in [1.165, 1.54) is 11.3 Å². The zero-order chi connectivity index (χ0) is 14.7. The van der Waals surface area contributed by atoms with Crippen LogP contribution < -0.4 is 5.32 Å². The number of thiophene rings is 1. The summed E-state index contributed by atoms with van der Waals surface area (Å²) < 4.78 is 1.98. The van der Waals surface area contributed by atoms with Crippen LogP contribution in [0.4, 0.5) is 0 Å². The van der Waals surface area contributed by atoms with Gasteiger partial charge in [-0.3, -0.25) is 9.48 Å². The number of para-hydroxylation sites is 1. The molecule has 1 aromatic carbocycles. The monoisotopic (exact) mass is 299 g/mol. The first-order valence-corrected chi connectivity index (χ1v) is 7.81. The third-order valence-corrected chi connectivity index (χ3v) is 4.35. The van der Waals surface area contributed by atoms with Crippen molar-refractivity contribution in [3.05, 3.63) is 52.3 Å². The fourth-order valence-electron chi connectivity index (χ4n) is 2.28. The molecule has 0 aliphatic heterocycles. The standard InChI is InChI=1S/C16H17N3OS/c1-12-7-8-15(21-12)16(20)17-9-4-10-19-14-6-3-2-5-13(14)11-18-19/h2-3,5-8,11H,4,9-10H2,1H3,(H,17,20). The number of carbonyl (C=O) groups is 1. The minimum absolute atomic E-state index is 0.0124. The number of nitrogens with zero attached hydrogens (tertiary/aromatic N) is 2. The second-order valence-corrected chi connectivity index (χ2v) is 6.23. The molecule has 2 aromatic heterocycles. The number of hydrogen-bond acceptors (Lipinski definition) is 3. The van der Waals surface area contributed by atoms with Crippen molar-refractivity contribution in [2.24, 2.45) is 0 Å². The Labute approximate surface area is 127 Å². The molecular formula is C16H17N3OS. The number of fused-ring (bicyclic) bond motifs is 1. The van der Waals surface area contributed by atoms with Crippen molar-refractivity contribution in [2.75, 3.05) is 6.54 Å². The van der Waals surface area contributed by atoms with Crippen molar-refractivity contribution in [2.45, 2.75) is 19.9 Å². The van der Waals surface area contributed by atoms with Gasteiger partial charge in [0, 0.05) is 23.4 Å². The molecule has 3 aromatic rings. The Morgan fingerprint density at radius 2 is 2.14 bits per heavy atom. The van der Waals surface area contributed by atoms with Gasteiger partial charge in [0.05, 0.1) is 16.6 Å². The lowest BCUT2D eigenvalue weighted by molar-refractivity contribution is 0.0956. The van der Waals surface area contributed by atoms with E-state index in [4.69, 9.17) is 0 Å². The summed E-state index contributed by atoms with van der Waals surface area (Å²) in [5.41, 5.74) is 1.14. The lowest BCUT2D eigenvalue weighted by Gasteiger charge is -2.05. The predicted molar refractivity (Wildman–Crippen MR) is 85.7 cm³/mol. The zero-order valence-corrected chi connectivity index (χ0v) is 12.7. The summed E-state index contributed by atoms with van der Waals surface area (Å²) in [4.78, 5) is 13.8. The van der Waals surface area contributed by atoms with Gasteiger partial charge in [0.25, 0.3) is 5.91 Å². The Balaban J connectivity index is 1.51.